The highest BCUT2D eigenvalue weighted by atomic mass is 19.1. The van der Waals surface area contributed by atoms with Gasteiger partial charge in [-0.1, -0.05) is 12.1 Å². The molecule has 0 fully saturated rings. The van der Waals surface area contributed by atoms with E-state index in [2.05, 4.69) is 15.5 Å². The van der Waals surface area contributed by atoms with Crippen LogP contribution < -0.4 is 16.7 Å². The van der Waals surface area contributed by atoms with Gasteiger partial charge in [0.1, 0.15) is 18.0 Å². The van der Waals surface area contributed by atoms with Crippen molar-refractivity contribution in [2.24, 2.45) is 19.8 Å². The summed E-state index contributed by atoms with van der Waals surface area (Å²) in [6, 6.07) is 13.0. The zero-order chi connectivity index (χ0) is 26.4. The molecule has 3 aromatic carbocycles. The van der Waals surface area contributed by atoms with Crippen molar-refractivity contribution in [3.8, 4) is 16.8 Å². The van der Waals surface area contributed by atoms with Crippen LogP contribution in [0.3, 0.4) is 0 Å². The average molecular weight is 503 g/mol. The first-order valence-corrected chi connectivity index (χ1v) is 10.9. The van der Waals surface area contributed by atoms with Gasteiger partial charge < -0.3 is 11.1 Å². The van der Waals surface area contributed by atoms with Crippen molar-refractivity contribution < 1.29 is 18.4 Å². The molecule has 0 spiro atoms. The van der Waals surface area contributed by atoms with E-state index in [1.165, 1.54) is 33.4 Å². The zero-order valence-electron chi connectivity index (χ0n) is 19.6. The van der Waals surface area contributed by atoms with E-state index in [0.29, 0.717) is 16.8 Å². The van der Waals surface area contributed by atoms with Crippen LogP contribution in [-0.2, 0) is 14.1 Å². The lowest BCUT2D eigenvalue weighted by Gasteiger charge is -2.09. The van der Waals surface area contributed by atoms with Crippen molar-refractivity contribution in [3.05, 3.63) is 94.3 Å². The molecule has 0 bridgehead atoms. The van der Waals surface area contributed by atoms with E-state index in [1.807, 2.05) is 0 Å². The zero-order valence-corrected chi connectivity index (χ0v) is 19.6. The molecule has 3 N–H and O–H groups in total. The predicted octanol–water partition coefficient (Wildman–Crippen LogP) is 2.75. The number of hydrogen-bond donors (Lipinski definition) is 2. The second-order valence-electron chi connectivity index (χ2n) is 8.26. The normalized spacial score (nSPS) is 11.1. The van der Waals surface area contributed by atoms with E-state index < -0.39 is 23.4 Å². The lowest BCUT2D eigenvalue weighted by Crippen LogP contribution is -2.21. The van der Waals surface area contributed by atoms with Crippen LogP contribution in [0.25, 0.3) is 27.7 Å². The molecule has 0 saturated heterocycles. The number of hydrogen-bond acceptors (Lipinski definition) is 5. The van der Waals surface area contributed by atoms with Gasteiger partial charge in [-0.3, -0.25) is 14.3 Å². The Morgan fingerprint density at radius 3 is 2.35 bits per heavy atom. The Morgan fingerprint density at radius 2 is 1.70 bits per heavy atom. The third-order valence-corrected chi connectivity index (χ3v) is 5.95. The maximum Gasteiger partial charge on any atom is 0.350 e. The Labute approximate surface area is 207 Å². The number of halogens is 2. The minimum absolute atomic E-state index is 0.00644. The molecule has 0 unspecified atom stereocenters. The number of aromatic nitrogens is 5. The lowest BCUT2D eigenvalue weighted by molar-refractivity contribution is 0.0995. The second kappa shape index (κ2) is 8.82. The minimum atomic E-state index is -0.867. The second-order valence-corrected chi connectivity index (χ2v) is 8.26. The molecule has 10 nitrogen and oxygen atoms in total. The monoisotopic (exact) mass is 503 g/mol. The fourth-order valence-corrected chi connectivity index (χ4v) is 4.01. The molecule has 2 aromatic heterocycles. The van der Waals surface area contributed by atoms with Crippen LogP contribution in [0.4, 0.5) is 14.5 Å². The Balaban J connectivity index is 1.54. The summed E-state index contributed by atoms with van der Waals surface area (Å²) < 4.78 is 34.0. The van der Waals surface area contributed by atoms with Gasteiger partial charge in [0.05, 0.1) is 22.3 Å². The number of nitrogens with two attached hydrogens (primary N) is 1. The number of carbonyl (C=O) groups is 2. The first-order chi connectivity index (χ1) is 17.7. The molecule has 37 heavy (non-hydrogen) atoms. The van der Waals surface area contributed by atoms with Gasteiger partial charge in [0.15, 0.2) is 5.69 Å². The van der Waals surface area contributed by atoms with Gasteiger partial charge in [-0.25, -0.2) is 22.8 Å². The van der Waals surface area contributed by atoms with Crippen LogP contribution in [0.5, 0.6) is 0 Å². The number of nitrogens with one attached hydrogen (secondary N) is 1. The van der Waals surface area contributed by atoms with Crippen LogP contribution in [0.1, 0.15) is 20.8 Å². The molecule has 5 rings (SSSR count). The van der Waals surface area contributed by atoms with E-state index in [-0.39, 0.29) is 33.6 Å². The van der Waals surface area contributed by atoms with Crippen LogP contribution in [-0.4, -0.2) is 35.9 Å². The first-order valence-electron chi connectivity index (χ1n) is 10.9. The maximum atomic E-state index is 15.8. The van der Waals surface area contributed by atoms with Gasteiger partial charge in [0.2, 0.25) is 5.91 Å². The smallest absolute Gasteiger partial charge is 0.350 e. The van der Waals surface area contributed by atoms with E-state index in [4.69, 9.17) is 5.73 Å². The van der Waals surface area contributed by atoms with Crippen molar-refractivity contribution in [2.45, 2.75) is 0 Å². The number of benzene rings is 3. The molecular formula is C25H19F2N7O3. The van der Waals surface area contributed by atoms with Gasteiger partial charge >= 0.3 is 5.69 Å². The molecule has 2 heterocycles. The van der Waals surface area contributed by atoms with Gasteiger partial charge in [0, 0.05) is 25.2 Å². The van der Waals surface area contributed by atoms with Gasteiger partial charge in [-0.15, -0.1) is 0 Å². The summed E-state index contributed by atoms with van der Waals surface area (Å²) in [5.41, 5.74) is 5.92. The Morgan fingerprint density at radius 1 is 0.973 bits per heavy atom. The number of primary amides is 1. The number of nitrogens with zero attached hydrogens (tertiary/aromatic N) is 5. The average Bonchev–Trinajstić information content (AvgIpc) is 3.40. The van der Waals surface area contributed by atoms with Gasteiger partial charge in [0.25, 0.3) is 5.91 Å². The molecule has 0 radical (unpaired) electrons. The standard InChI is InChI=1S/C25H19F2N7O3/c1-32-19-10-8-16(13-3-6-15(7-4-13)34-12-29-33(2)25(34)37)21(27)20(19)22(31-32)24(36)30-18-11-14(23(28)35)5-9-17(18)26/h3-12H,1-2H3,(H2,28,35)(H,30,36). The molecule has 5 aromatic rings. The van der Waals surface area contributed by atoms with Gasteiger partial charge in [-0.05, 0) is 48.0 Å². The number of rotatable bonds is 5. The summed E-state index contributed by atoms with van der Waals surface area (Å²) in [4.78, 5) is 36.6. The van der Waals surface area contributed by atoms with Crippen LogP contribution in [0.15, 0.2) is 65.7 Å². The first kappa shape index (κ1) is 23.6. The Hall–Kier alpha value is -5.13. The summed E-state index contributed by atoms with van der Waals surface area (Å²) in [6.45, 7) is 0. The quantitative estimate of drug-likeness (QED) is 0.381. The highest BCUT2D eigenvalue weighted by Crippen LogP contribution is 2.32. The van der Waals surface area contributed by atoms with E-state index in [9.17, 15) is 18.8 Å². The number of amides is 2. The van der Waals surface area contributed by atoms with Crippen molar-refractivity contribution in [3.63, 3.8) is 0 Å². The summed E-state index contributed by atoms with van der Waals surface area (Å²) in [5.74, 6) is -3.16. The molecule has 0 aliphatic heterocycles. The van der Waals surface area contributed by atoms with Crippen molar-refractivity contribution in [1.82, 2.24) is 24.1 Å². The van der Waals surface area contributed by atoms with Crippen LogP contribution in [0, 0.1) is 11.6 Å². The number of carbonyl (C=O) groups excluding carboxylic acids is 2. The van der Waals surface area contributed by atoms with Crippen molar-refractivity contribution in [2.75, 3.05) is 5.32 Å². The fourth-order valence-electron chi connectivity index (χ4n) is 4.01. The minimum Gasteiger partial charge on any atom is -0.366 e. The maximum absolute atomic E-state index is 15.8. The van der Waals surface area contributed by atoms with Crippen LogP contribution in [0.2, 0.25) is 0 Å². The van der Waals surface area contributed by atoms with E-state index >= 15 is 4.39 Å². The highest BCUT2D eigenvalue weighted by Gasteiger charge is 2.23. The third kappa shape index (κ3) is 4.03. The van der Waals surface area contributed by atoms with Crippen LogP contribution >= 0.6 is 0 Å². The molecule has 186 valence electrons. The summed E-state index contributed by atoms with van der Waals surface area (Å²) in [6.07, 6.45) is 1.38. The van der Waals surface area contributed by atoms with Crippen molar-refractivity contribution >= 4 is 28.4 Å². The Bertz CT molecular complexity index is 1770. The molecule has 12 heteroatoms. The molecule has 2 amide bonds. The van der Waals surface area contributed by atoms with Gasteiger partial charge in [-0.2, -0.15) is 10.2 Å². The lowest BCUT2D eigenvalue weighted by atomic mass is 10.0. The summed E-state index contributed by atoms with van der Waals surface area (Å²) in [5, 5.41) is 10.3. The highest BCUT2D eigenvalue weighted by molar-refractivity contribution is 6.12. The summed E-state index contributed by atoms with van der Waals surface area (Å²) in [7, 11) is 3.08. The fraction of sp³-hybridized carbons (Fsp3) is 0.0800. The molecule has 0 saturated carbocycles. The largest absolute Gasteiger partial charge is 0.366 e. The molecule has 0 aliphatic rings. The van der Waals surface area contributed by atoms with E-state index in [0.717, 1.165) is 12.1 Å². The SMILES string of the molecule is Cn1ncn(-c2ccc(-c3ccc4c(c(C(=O)Nc5cc(C(N)=O)ccc5F)nn4C)c3F)cc2)c1=O. The number of anilines is 1. The van der Waals surface area contributed by atoms with Crippen molar-refractivity contribution in [1.29, 1.82) is 0 Å². The Kier molecular flexibility index (Phi) is 5.63. The number of aryl methyl sites for hydroxylation is 2. The molecule has 0 atom stereocenters. The predicted molar refractivity (Wildman–Crippen MR) is 131 cm³/mol. The third-order valence-electron chi connectivity index (χ3n) is 5.95. The van der Waals surface area contributed by atoms with E-state index in [1.54, 1.807) is 43.4 Å². The summed E-state index contributed by atoms with van der Waals surface area (Å²) >= 11 is 0. The topological polar surface area (TPSA) is 130 Å². The molecule has 0 aliphatic carbocycles. The molecular weight excluding hydrogens is 484 g/mol. The number of fused-ring (bicyclic) bond motifs is 1.